The van der Waals surface area contributed by atoms with Crippen LogP contribution >= 0.6 is 11.3 Å². The molecule has 1 aromatic heterocycles. The number of thiophene rings is 1. The van der Waals surface area contributed by atoms with Crippen LogP contribution in [-0.2, 0) is 9.53 Å². The van der Waals surface area contributed by atoms with Crippen LogP contribution < -0.4 is 5.32 Å². The third kappa shape index (κ3) is 2.62. The quantitative estimate of drug-likeness (QED) is 0.876. The summed E-state index contributed by atoms with van der Waals surface area (Å²) in [6.45, 7) is 3.59. The van der Waals surface area contributed by atoms with Crippen molar-refractivity contribution in [1.82, 2.24) is 10.2 Å². The Labute approximate surface area is 124 Å². The lowest BCUT2D eigenvalue weighted by molar-refractivity contribution is -0.130. The summed E-state index contributed by atoms with van der Waals surface area (Å²) in [4.78, 5) is 14.5. The van der Waals surface area contributed by atoms with E-state index >= 15 is 0 Å². The molecule has 1 aliphatic carbocycles. The van der Waals surface area contributed by atoms with Crippen molar-refractivity contribution in [1.29, 1.82) is 0 Å². The van der Waals surface area contributed by atoms with Crippen molar-refractivity contribution in [2.24, 2.45) is 5.41 Å². The first-order valence-electron chi connectivity index (χ1n) is 7.23. The Morgan fingerprint density at radius 3 is 2.95 bits per heavy atom. The van der Waals surface area contributed by atoms with Crippen molar-refractivity contribution in [2.75, 3.05) is 20.3 Å². The lowest BCUT2D eigenvalue weighted by Gasteiger charge is -2.28. The van der Waals surface area contributed by atoms with Gasteiger partial charge < -0.3 is 9.64 Å². The van der Waals surface area contributed by atoms with Gasteiger partial charge in [0.1, 0.15) is 6.17 Å². The van der Waals surface area contributed by atoms with Gasteiger partial charge in [0.05, 0.1) is 6.04 Å². The van der Waals surface area contributed by atoms with E-state index in [1.165, 1.54) is 18.4 Å². The number of methoxy groups -OCH3 is 1. The van der Waals surface area contributed by atoms with E-state index < -0.39 is 0 Å². The average molecular weight is 294 g/mol. The second-order valence-corrected chi connectivity index (χ2v) is 6.84. The predicted octanol–water partition coefficient (Wildman–Crippen LogP) is 2.38. The Kier molecular flexibility index (Phi) is 3.84. The van der Waals surface area contributed by atoms with E-state index in [1.54, 1.807) is 18.4 Å². The van der Waals surface area contributed by atoms with Crippen LogP contribution in [-0.4, -0.2) is 37.1 Å². The standard InChI is InChI=1S/C15H22N2O2S/c1-11-14(18)17(10-15(4-5-15)6-7-19-2)13(16-11)12-3-8-20-9-12/h3,8-9,11,13,16H,4-7,10H2,1-2H3. The van der Waals surface area contributed by atoms with Gasteiger partial charge in [-0.25, -0.2) is 0 Å². The number of rotatable bonds is 6. The molecule has 1 saturated carbocycles. The monoisotopic (exact) mass is 294 g/mol. The van der Waals surface area contributed by atoms with Crippen LogP contribution in [0.25, 0.3) is 0 Å². The van der Waals surface area contributed by atoms with E-state index in [4.69, 9.17) is 4.74 Å². The fourth-order valence-corrected chi connectivity index (χ4v) is 3.67. The lowest BCUT2D eigenvalue weighted by atomic mass is 10.0. The molecular formula is C15H22N2O2S. The van der Waals surface area contributed by atoms with Gasteiger partial charge in [-0.05, 0) is 54.0 Å². The van der Waals surface area contributed by atoms with E-state index in [9.17, 15) is 4.79 Å². The minimum atomic E-state index is -0.0851. The SMILES string of the molecule is COCCC1(CN2C(=O)C(C)NC2c2ccsc2)CC1. The third-order valence-corrected chi connectivity index (χ3v) is 5.23. The molecule has 1 amide bonds. The zero-order valence-corrected chi connectivity index (χ0v) is 12.9. The van der Waals surface area contributed by atoms with Gasteiger partial charge in [0.2, 0.25) is 5.91 Å². The maximum absolute atomic E-state index is 12.4. The molecule has 2 fully saturated rings. The highest BCUT2D eigenvalue weighted by molar-refractivity contribution is 7.07. The molecular weight excluding hydrogens is 272 g/mol. The van der Waals surface area contributed by atoms with Gasteiger partial charge in [0.15, 0.2) is 0 Å². The molecule has 4 nitrogen and oxygen atoms in total. The number of nitrogens with zero attached hydrogens (tertiary/aromatic N) is 1. The smallest absolute Gasteiger partial charge is 0.241 e. The fourth-order valence-electron chi connectivity index (χ4n) is 2.99. The van der Waals surface area contributed by atoms with Crippen molar-refractivity contribution >= 4 is 17.2 Å². The predicted molar refractivity (Wildman–Crippen MR) is 79.5 cm³/mol. The minimum Gasteiger partial charge on any atom is -0.385 e. The van der Waals surface area contributed by atoms with Crippen LogP contribution in [0, 0.1) is 5.41 Å². The summed E-state index contributed by atoms with van der Waals surface area (Å²) >= 11 is 1.68. The van der Waals surface area contributed by atoms with Crippen molar-refractivity contribution in [3.8, 4) is 0 Å². The Morgan fingerprint density at radius 1 is 1.55 bits per heavy atom. The van der Waals surface area contributed by atoms with Gasteiger partial charge in [-0.2, -0.15) is 11.3 Å². The van der Waals surface area contributed by atoms with Gasteiger partial charge in [0, 0.05) is 20.3 Å². The van der Waals surface area contributed by atoms with Crippen LogP contribution in [0.4, 0.5) is 0 Å². The zero-order chi connectivity index (χ0) is 14.2. The van der Waals surface area contributed by atoms with Gasteiger partial charge in [0.25, 0.3) is 0 Å². The Hall–Kier alpha value is -0.910. The van der Waals surface area contributed by atoms with Crippen LogP contribution in [0.15, 0.2) is 16.8 Å². The molecule has 2 aliphatic rings. The summed E-state index contributed by atoms with van der Waals surface area (Å²) in [5, 5.41) is 7.61. The maximum atomic E-state index is 12.4. The first-order valence-corrected chi connectivity index (χ1v) is 8.17. The highest BCUT2D eigenvalue weighted by Gasteiger charge is 2.48. The fraction of sp³-hybridized carbons (Fsp3) is 0.667. The van der Waals surface area contributed by atoms with E-state index in [1.807, 2.05) is 11.8 Å². The van der Waals surface area contributed by atoms with E-state index in [0.29, 0.717) is 5.41 Å². The third-order valence-electron chi connectivity index (χ3n) is 4.53. The number of hydrogen-bond donors (Lipinski definition) is 1. The van der Waals surface area contributed by atoms with E-state index in [0.717, 1.165) is 19.6 Å². The molecule has 0 spiro atoms. The molecule has 0 radical (unpaired) electrons. The van der Waals surface area contributed by atoms with Gasteiger partial charge in [-0.1, -0.05) is 0 Å². The summed E-state index contributed by atoms with van der Waals surface area (Å²) in [5.74, 6) is 0.227. The maximum Gasteiger partial charge on any atom is 0.241 e. The zero-order valence-electron chi connectivity index (χ0n) is 12.1. The molecule has 2 heterocycles. The molecule has 0 aromatic carbocycles. The summed E-state index contributed by atoms with van der Waals surface area (Å²) in [6, 6.07) is 2.02. The van der Waals surface area contributed by atoms with Crippen molar-refractivity contribution in [2.45, 2.75) is 38.4 Å². The molecule has 20 heavy (non-hydrogen) atoms. The molecule has 2 atom stereocenters. The van der Waals surface area contributed by atoms with E-state index in [-0.39, 0.29) is 18.1 Å². The topological polar surface area (TPSA) is 41.6 Å². The van der Waals surface area contributed by atoms with Crippen molar-refractivity contribution in [3.05, 3.63) is 22.4 Å². The molecule has 5 heteroatoms. The first-order chi connectivity index (χ1) is 9.65. The van der Waals surface area contributed by atoms with Crippen LogP contribution in [0.2, 0.25) is 0 Å². The first kappa shape index (κ1) is 14.0. The highest BCUT2D eigenvalue weighted by atomic mass is 32.1. The molecule has 1 aromatic rings. The second-order valence-electron chi connectivity index (χ2n) is 6.06. The number of hydrogen-bond acceptors (Lipinski definition) is 4. The molecule has 0 bridgehead atoms. The average Bonchev–Trinajstić information content (AvgIpc) is 2.88. The number of carbonyl (C=O) groups is 1. The summed E-state index contributed by atoms with van der Waals surface area (Å²) in [5.41, 5.74) is 1.50. The Balaban J connectivity index is 1.74. The normalized spacial score (nSPS) is 28.1. The molecule has 1 N–H and O–H groups in total. The van der Waals surface area contributed by atoms with Crippen molar-refractivity contribution < 1.29 is 9.53 Å². The largest absolute Gasteiger partial charge is 0.385 e. The highest BCUT2D eigenvalue weighted by Crippen LogP contribution is 2.50. The number of ether oxygens (including phenoxy) is 1. The lowest BCUT2D eigenvalue weighted by Crippen LogP contribution is -2.36. The summed E-state index contributed by atoms with van der Waals surface area (Å²) < 4.78 is 5.21. The van der Waals surface area contributed by atoms with Gasteiger partial charge >= 0.3 is 0 Å². The van der Waals surface area contributed by atoms with Gasteiger partial charge in [-0.15, -0.1) is 0 Å². The number of amides is 1. The molecule has 1 aliphatic heterocycles. The van der Waals surface area contributed by atoms with Crippen molar-refractivity contribution in [3.63, 3.8) is 0 Å². The van der Waals surface area contributed by atoms with Crippen LogP contribution in [0.3, 0.4) is 0 Å². The van der Waals surface area contributed by atoms with Crippen LogP contribution in [0.1, 0.15) is 37.9 Å². The minimum absolute atomic E-state index is 0.0452. The summed E-state index contributed by atoms with van der Waals surface area (Å²) in [7, 11) is 1.74. The Bertz CT molecular complexity index is 470. The van der Waals surface area contributed by atoms with Crippen LogP contribution in [0.5, 0.6) is 0 Å². The molecule has 1 saturated heterocycles. The number of carbonyl (C=O) groups excluding carboxylic acids is 1. The summed E-state index contributed by atoms with van der Waals surface area (Å²) in [6.07, 6.45) is 3.53. The number of nitrogens with one attached hydrogen (secondary N) is 1. The second kappa shape index (κ2) is 5.47. The Morgan fingerprint density at radius 2 is 2.35 bits per heavy atom. The molecule has 110 valence electrons. The molecule has 3 rings (SSSR count). The molecule has 2 unspecified atom stereocenters. The van der Waals surface area contributed by atoms with E-state index in [2.05, 4.69) is 22.1 Å². The van der Waals surface area contributed by atoms with Gasteiger partial charge in [-0.3, -0.25) is 10.1 Å².